The average molecular weight is 542 g/mol. The third-order valence-corrected chi connectivity index (χ3v) is 4.80. The van der Waals surface area contributed by atoms with E-state index in [1.165, 1.54) is 12.8 Å². The van der Waals surface area contributed by atoms with Crippen molar-refractivity contribution >= 4 is 17.9 Å². The van der Waals surface area contributed by atoms with Crippen molar-refractivity contribution in [1.82, 2.24) is 10.6 Å². The number of guanidine groups is 3. The second-order valence-corrected chi connectivity index (χ2v) is 9.52. The van der Waals surface area contributed by atoms with Crippen LogP contribution in [0.2, 0.25) is 0 Å². The Morgan fingerprint density at radius 3 is 1.47 bits per heavy atom. The number of ether oxygens (including phenoxy) is 2. The van der Waals surface area contributed by atoms with Crippen LogP contribution >= 0.6 is 0 Å². The van der Waals surface area contributed by atoms with Gasteiger partial charge in [0.1, 0.15) is 0 Å². The lowest BCUT2D eigenvalue weighted by atomic mass is 10.1. The zero-order valence-corrected chi connectivity index (χ0v) is 24.8. The van der Waals surface area contributed by atoms with Crippen LogP contribution in [0, 0.1) is 5.92 Å². The molecule has 0 unspecified atom stereocenters. The first kappa shape index (κ1) is 37.6. The molecule has 0 rings (SSSR count). The van der Waals surface area contributed by atoms with E-state index < -0.39 is 0 Å². The minimum absolute atomic E-state index is 0.283. The van der Waals surface area contributed by atoms with Crippen molar-refractivity contribution in [2.24, 2.45) is 43.8 Å². The molecule has 0 aliphatic rings. The molecule has 0 amide bonds. The van der Waals surface area contributed by atoms with Crippen molar-refractivity contribution in [1.29, 1.82) is 0 Å². The summed E-state index contributed by atoms with van der Waals surface area (Å²) in [7, 11) is 0. The monoisotopic (exact) mass is 541 g/mol. The Morgan fingerprint density at radius 2 is 1.03 bits per heavy atom. The molecule has 11 heteroatoms. The molecule has 0 heterocycles. The van der Waals surface area contributed by atoms with Crippen molar-refractivity contribution in [3.63, 3.8) is 0 Å². The first-order valence-electron chi connectivity index (χ1n) is 14.3. The Hall–Kier alpha value is -2.53. The molecule has 0 radical (unpaired) electrons. The third kappa shape index (κ3) is 33.5. The van der Waals surface area contributed by atoms with Gasteiger partial charge in [0.2, 0.25) is 0 Å². The van der Waals surface area contributed by atoms with Gasteiger partial charge in [-0.2, -0.15) is 0 Å². The molecule has 0 atom stereocenters. The number of nitrogens with zero attached hydrogens (tertiary/aromatic N) is 3. The molecule has 0 aromatic rings. The van der Waals surface area contributed by atoms with E-state index in [0.717, 1.165) is 83.7 Å². The fourth-order valence-electron chi connectivity index (χ4n) is 2.97. The molecule has 224 valence electrons. The van der Waals surface area contributed by atoms with Gasteiger partial charge in [-0.15, -0.1) is 0 Å². The lowest BCUT2D eigenvalue weighted by molar-refractivity contribution is 0.0791. The summed E-state index contributed by atoms with van der Waals surface area (Å²) < 4.78 is 11.2. The van der Waals surface area contributed by atoms with E-state index >= 15 is 0 Å². The molecule has 0 saturated carbocycles. The van der Waals surface area contributed by atoms with Gasteiger partial charge in [0.15, 0.2) is 17.9 Å². The van der Waals surface area contributed by atoms with E-state index in [0.29, 0.717) is 19.6 Å². The highest BCUT2D eigenvalue weighted by molar-refractivity contribution is 5.97. The summed E-state index contributed by atoms with van der Waals surface area (Å²) in [4.78, 5) is 12.7. The summed E-state index contributed by atoms with van der Waals surface area (Å²) in [5.74, 6) is 1.88. The summed E-state index contributed by atoms with van der Waals surface area (Å²) in [6, 6.07) is 0. The van der Waals surface area contributed by atoms with E-state index in [2.05, 4.69) is 59.9 Å². The predicted molar refractivity (Wildman–Crippen MR) is 163 cm³/mol. The molecule has 0 aliphatic heterocycles. The Balaban J connectivity index is 0. The maximum atomic E-state index is 5.85. The second kappa shape index (κ2) is 29.0. The molecule has 11 nitrogen and oxygen atoms in total. The molecule has 10 N–H and O–H groups in total. The van der Waals surface area contributed by atoms with Gasteiger partial charge in [0.25, 0.3) is 0 Å². The molecule has 0 aromatic carbocycles. The standard InChI is InChI=1S/C24H51N9O2.C3H8/c1-20(2)12-10-17-35-19-11-18-34-16-9-8-15-31-24(28)33-23(27)30-14-7-5-4-6-13-29-22(26)32-21(3)25;1-3-2/h20H,3-19,25H2,1-2H3,(H3,26,29,32)(H5,27,28,30,31,33);3H2,1-2H3. The smallest absolute Gasteiger partial charge is 0.195 e. The molecule has 0 spiro atoms. The highest BCUT2D eigenvalue weighted by Crippen LogP contribution is 2.03. The van der Waals surface area contributed by atoms with Gasteiger partial charge in [-0.1, -0.05) is 53.5 Å². The van der Waals surface area contributed by atoms with Crippen molar-refractivity contribution in [3.05, 3.63) is 12.4 Å². The normalized spacial score (nSPS) is 12.3. The summed E-state index contributed by atoms with van der Waals surface area (Å²) in [5.41, 5.74) is 22.7. The first-order valence-corrected chi connectivity index (χ1v) is 14.3. The molecule has 0 fully saturated rings. The predicted octanol–water partition coefficient (Wildman–Crippen LogP) is 3.16. The summed E-state index contributed by atoms with van der Waals surface area (Å²) in [6.45, 7) is 17.2. The fraction of sp³-hybridized carbons (Fsp3) is 0.815. The largest absolute Gasteiger partial charge is 0.386 e. The number of hydrogen-bond donors (Lipinski definition) is 6. The highest BCUT2D eigenvalue weighted by Gasteiger charge is 1.98. The van der Waals surface area contributed by atoms with Gasteiger partial charge >= 0.3 is 0 Å². The third-order valence-electron chi connectivity index (χ3n) is 4.80. The maximum absolute atomic E-state index is 5.85. The highest BCUT2D eigenvalue weighted by atomic mass is 16.5. The Labute approximate surface area is 232 Å². The Kier molecular flexibility index (Phi) is 28.7. The molecule has 0 aliphatic carbocycles. The lowest BCUT2D eigenvalue weighted by Crippen LogP contribution is -2.41. The molecule has 38 heavy (non-hydrogen) atoms. The summed E-state index contributed by atoms with van der Waals surface area (Å²) in [5, 5.41) is 5.48. The van der Waals surface area contributed by atoms with Gasteiger partial charge in [-0.25, -0.2) is 0 Å². The van der Waals surface area contributed by atoms with Crippen LogP contribution in [-0.2, 0) is 9.47 Å². The molecule has 0 aromatic heterocycles. The second-order valence-electron chi connectivity index (χ2n) is 9.52. The number of unbranched alkanes of at least 4 members (excludes halogenated alkanes) is 4. The van der Waals surface area contributed by atoms with Crippen molar-refractivity contribution < 1.29 is 9.47 Å². The fourth-order valence-corrected chi connectivity index (χ4v) is 2.97. The van der Waals surface area contributed by atoms with E-state index in [4.69, 9.17) is 32.4 Å². The average Bonchev–Trinajstić information content (AvgIpc) is 2.83. The van der Waals surface area contributed by atoms with Crippen LogP contribution in [0.15, 0.2) is 27.4 Å². The van der Waals surface area contributed by atoms with Gasteiger partial charge in [-0.05, 0) is 50.9 Å². The van der Waals surface area contributed by atoms with Crippen LogP contribution in [0.25, 0.3) is 0 Å². The minimum atomic E-state index is 0.283. The number of nitrogens with two attached hydrogens (primary N) is 4. The molecular weight excluding hydrogens is 482 g/mol. The zero-order chi connectivity index (χ0) is 28.9. The van der Waals surface area contributed by atoms with Crippen LogP contribution in [-0.4, -0.2) is 63.9 Å². The number of rotatable bonds is 21. The van der Waals surface area contributed by atoms with Crippen molar-refractivity contribution in [2.45, 2.75) is 91.9 Å². The zero-order valence-electron chi connectivity index (χ0n) is 24.8. The SMILES string of the molecule is C=C(N)NC(N)=NCCCCCCN=C(N)NC(N)=NCCCCOCCCOCCCC(C)C.CCC. The molecular formula is C27H59N9O2. The van der Waals surface area contributed by atoms with E-state index in [9.17, 15) is 0 Å². The van der Waals surface area contributed by atoms with Crippen LogP contribution in [0.3, 0.4) is 0 Å². The van der Waals surface area contributed by atoms with Crippen LogP contribution in [0.1, 0.15) is 91.9 Å². The first-order chi connectivity index (χ1) is 18.2. The van der Waals surface area contributed by atoms with Gasteiger partial charge in [0.05, 0.1) is 5.82 Å². The Bertz CT molecular complexity index is 638. The number of nitrogens with one attached hydrogen (secondary N) is 2. The molecule has 0 saturated heterocycles. The van der Waals surface area contributed by atoms with E-state index in [-0.39, 0.29) is 23.7 Å². The molecule has 0 bridgehead atoms. The topological polar surface area (TPSA) is 184 Å². The number of aliphatic imine (C=N–C) groups is 3. The quantitative estimate of drug-likeness (QED) is 0.0727. The van der Waals surface area contributed by atoms with Crippen molar-refractivity contribution in [2.75, 3.05) is 46.1 Å². The Morgan fingerprint density at radius 1 is 0.632 bits per heavy atom. The lowest BCUT2D eigenvalue weighted by Gasteiger charge is -2.07. The summed E-state index contributed by atoms with van der Waals surface area (Å²) >= 11 is 0. The van der Waals surface area contributed by atoms with Crippen molar-refractivity contribution in [3.8, 4) is 0 Å². The van der Waals surface area contributed by atoms with E-state index in [1.54, 1.807) is 0 Å². The van der Waals surface area contributed by atoms with E-state index in [1.807, 2.05) is 0 Å². The van der Waals surface area contributed by atoms with Gasteiger partial charge in [0, 0.05) is 46.1 Å². The van der Waals surface area contributed by atoms with Crippen LogP contribution < -0.4 is 33.6 Å². The van der Waals surface area contributed by atoms with Crippen LogP contribution in [0.4, 0.5) is 0 Å². The summed E-state index contributed by atoms with van der Waals surface area (Å²) in [6.07, 6.45) is 10.3. The van der Waals surface area contributed by atoms with Crippen LogP contribution in [0.5, 0.6) is 0 Å². The number of hydrogen-bond acceptors (Lipinski definition) is 6. The minimum Gasteiger partial charge on any atom is -0.386 e. The van der Waals surface area contributed by atoms with Gasteiger partial charge < -0.3 is 37.7 Å². The maximum Gasteiger partial charge on any atom is 0.195 e. The van der Waals surface area contributed by atoms with Gasteiger partial charge in [-0.3, -0.25) is 20.3 Å².